The molecule has 0 aromatic heterocycles. The highest BCUT2D eigenvalue weighted by Gasteiger charge is 2.35. The van der Waals surface area contributed by atoms with E-state index in [0.717, 1.165) is 28.0 Å². The van der Waals surface area contributed by atoms with Crippen LogP contribution in [0.3, 0.4) is 0 Å². The summed E-state index contributed by atoms with van der Waals surface area (Å²) in [5.41, 5.74) is 6.17. The maximum absolute atomic E-state index is 13.4. The van der Waals surface area contributed by atoms with Crippen molar-refractivity contribution in [2.75, 3.05) is 16.8 Å². The lowest BCUT2D eigenvalue weighted by Crippen LogP contribution is -2.54. The van der Waals surface area contributed by atoms with Crippen molar-refractivity contribution in [3.05, 3.63) is 69.3 Å². The van der Waals surface area contributed by atoms with Crippen molar-refractivity contribution in [2.24, 2.45) is 0 Å². The Hall–Kier alpha value is -2.96. The first-order valence-electron chi connectivity index (χ1n) is 10.7. The third-order valence-corrected chi connectivity index (χ3v) is 6.81. The number of rotatable bonds is 2. The number of carbonyl (C=O) groups is 2. The number of amides is 2. The molecule has 0 aliphatic carbocycles. The van der Waals surface area contributed by atoms with Crippen molar-refractivity contribution < 1.29 is 9.59 Å². The fourth-order valence-electron chi connectivity index (χ4n) is 4.43. The van der Waals surface area contributed by atoms with Crippen molar-refractivity contribution >= 4 is 63.8 Å². The average molecular weight is 480 g/mol. The van der Waals surface area contributed by atoms with E-state index in [0.29, 0.717) is 16.3 Å². The van der Waals surface area contributed by atoms with Crippen LogP contribution in [0.15, 0.2) is 42.0 Å². The molecule has 170 valence electrons. The molecule has 7 heteroatoms. The quantitative estimate of drug-likeness (QED) is 0.355. The van der Waals surface area contributed by atoms with Gasteiger partial charge < -0.3 is 4.90 Å². The van der Waals surface area contributed by atoms with E-state index < -0.39 is 11.8 Å². The van der Waals surface area contributed by atoms with Gasteiger partial charge in [-0.05, 0) is 99.4 Å². The van der Waals surface area contributed by atoms with Crippen LogP contribution in [0.1, 0.15) is 43.0 Å². The lowest BCUT2D eigenvalue weighted by molar-refractivity contribution is -0.122. The summed E-state index contributed by atoms with van der Waals surface area (Å²) in [7, 11) is 2.02. The Labute approximate surface area is 204 Å². The van der Waals surface area contributed by atoms with Crippen LogP contribution >= 0.6 is 23.8 Å². The molecule has 1 fully saturated rings. The first-order valence-corrected chi connectivity index (χ1v) is 11.4. The van der Waals surface area contributed by atoms with E-state index in [2.05, 4.69) is 37.1 Å². The van der Waals surface area contributed by atoms with Gasteiger partial charge >= 0.3 is 0 Å². The molecule has 0 saturated carbocycles. The van der Waals surface area contributed by atoms with Crippen LogP contribution in [0.2, 0.25) is 5.02 Å². The molecule has 0 atom stereocenters. The number of anilines is 2. The van der Waals surface area contributed by atoms with Crippen molar-refractivity contribution in [1.82, 2.24) is 5.32 Å². The summed E-state index contributed by atoms with van der Waals surface area (Å²) in [6, 6.07) is 9.56. The lowest BCUT2D eigenvalue weighted by Gasteiger charge is -2.40. The minimum absolute atomic E-state index is 0.0178. The molecule has 1 saturated heterocycles. The van der Waals surface area contributed by atoms with E-state index in [1.54, 1.807) is 6.08 Å². The number of aryl methyl sites for hydroxylation is 2. The Morgan fingerprint density at radius 3 is 2.30 bits per heavy atom. The molecule has 33 heavy (non-hydrogen) atoms. The highest BCUT2D eigenvalue weighted by molar-refractivity contribution is 7.80. The molecule has 2 aromatic carbocycles. The summed E-state index contributed by atoms with van der Waals surface area (Å²) >= 11 is 12.0. The normalized spacial score (nSPS) is 18.9. The number of hydrogen-bond donors (Lipinski definition) is 1. The van der Waals surface area contributed by atoms with Crippen LogP contribution in [0.4, 0.5) is 11.4 Å². The standard InChI is InChI=1S/C26H26ClN3O2S/c1-14-7-15(2)9-18(8-14)30-24(32)20(23(31)28-25(30)33)11-17-10-19-16(3)13-26(4,5)29(6)22(19)12-21(17)27/h7-13H,1-6H3,(H,28,31,33)/b20-11-. The van der Waals surface area contributed by atoms with Crippen LogP contribution < -0.4 is 15.1 Å². The number of benzene rings is 2. The topological polar surface area (TPSA) is 52.7 Å². The minimum Gasteiger partial charge on any atom is -0.365 e. The molecule has 1 N–H and O–H groups in total. The van der Waals surface area contributed by atoms with E-state index in [4.69, 9.17) is 23.8 Å². The molecule has 5 nitrogen and oxygen atoms in total. The molecule has 0 radical (unpaired) electrons. The second-order valence-corrected chi connectivity index (χ2v) is 10.0. The molecule has 0 spiro atoms. The number of thiocarbonyl (C=S) groups is 1. The van der Waals surface area contributed by atoms with Crippen LogP contribution in [-0.4, -0.2) is 29.5 Å². The van der Waals surface area contributed by atoms with Gasteiger partial charge in [-0.2, -0.15) is 0 Å². The monoisotopic (exact) mass is 479 g/mol. The molecule has 2 aliphatic heterocycles. The SMILES string of the molecule is CC1=CC(C)(C)N(C)c2cc(Cl)c(/C=C3/C(=O)NC(=S)N(c4cc(C)cc(C)c4)C3=O)cc21. The second kappa shape index (κ2) is 8.12. The first kappa shape index (κ1) is 23.2. The number of nitrogens with one attached hydrogen (secondary N) is 1. The number of allylic oxidation sites excluding steroid dienone is 1. The number of nitrogens with zero attached hydrogens (tertiary/aromatic N) is 2. The Morgan fingerprint density at radius 2 is 1.67 bits per heavy atom. The van der Waals surface area contributed by atoms with Gasteiger partial charge in [0, 0.05) is 23.3 Å². The third-order valence-electron chi connectivity index (χ3n) is 6.20. The van der Waals surface area contributed by atoms with Gasteiger partial charge in [0.15, 0.2) is 5.11 Å². The van der Waals surface area contributed by atoms with Gasteiger partial charge in [0.1, 0.15) is 5.57 Å². The van der Waals surface area contributed by atoms with Crippen molar-refractivity contribution in [1.29, 1.82) is 0 Å². The summed E-state index contributed by atoms with van der Waals surface area (Å²) in [5, 5.41) is 3.17. The fraction of sp³-hybridized carbons (Fsp3) is 0.269. The first-order chi connectivity index (χ1) is 15.4. The zero-order chi connectivity index (χ0) is 24.2. The molecule has 0 unspecified atom stereocenters. The Morgan fingerprint density at radius 1 is 1.03 bits per heavy atom. The van der Waals surface area contributed by atoms with Gasteiger partial charge in [0.05, 0.1) is 11.2 Å². The van der Waals surface area contributed by atoms with Crippen LogP contribution in [0.5, 0.6) is 0 Å². The van der Waals surface area contributed by atoms with E-state index in [9.17, 15) is 9.59 Å². The predicted octanol–water partition coefficient (Wildman–Crippen LogP) is 5.42. The molecule has 2 heterocycles. The molecule has 4 rings (SSSR count). The van der Waals surface area contributed by atoms with Gasteiger partial charge in [-0.25, -0.2) is 0 Å². The second-order valence-electron chi connectivity index (χ2n) is 9.23. The van der Waals surface area contributed by atoms with E-state index in [1.165, 1.54) is 4.90 Å². The van der Waals surface area contributed by atoms with Gasteiger partial charge in [0.25, 0.3) is 11.8 Å². The van der Waals surface area contributed by atoms with Gasteiger partial charge in [0.2, 0.25) is 0 Å². The largest absolute Gasteiger partial charge is 0.365 e. The predicted molar refractivity (Wildman–Crippen MR) is 140 cm³/mol. The van der Waals surface area contributed by atoms with E-state index in [1.807, 2.05) is 51.2 Å². The average Bonchev–Trinajstić information content (AvgIpc) is 2.69. The minimum atomic E-state index is -0.537. The van der Waals surface area contributed by atoms with Crippen molar-refractivity contribution in [3.8, 4) is 0 Å². The summed E-state index contributed by atoms with van der Waals surface area (Å²) in [4.78, 5) is 29.7. The third kappa shape index (κ3) is 4.09. The number of fused-ring (bicyclic) bond motifs is 1. The summed E-state index contributed by atoms with van der Waals surface area (Å²) in [6.07, 6.45) is 3.74. The van der Waals surface area contributed by atoms with Gasteiger partial charge in [-0.15, -0.1) is 0 Å². The molecule has 2 aliphatic rings. The van der Waals surface area contributed by atoms with Crippen LogP contribution in [0.25, 0.3) is 11.6 Å². The fourth-order valence-corrected chi connectivity index (χ4v) is 4.92. The van der Waals surface area contributed by atoms with Crippen molar-refractivity contribution in [3.63, 3.8) is 0 Å². The lowest BCUT2D eigenvalue weighted by atomic mass is 9.88. The summed E-state index contributed by atoms with van der Waals surface area (Å²) < 4.78 is 0. The van der Waals surface area contributed by atoms with E-state index in [-0.39, 0.29) is 16.2 Å². The Bertz CT molecular complexity index is 1270. The molecular formula is C26H26ClN3O2S. The van der Waals surface area contributed by atoms with Crippen molar-refractivity contribution in [2.45, 2.75) is 40.2 Å². The van der Waals surface area contributed by atoms with E-state index >= 15 is 0 Å². The number of likely N-dealkylation sites (N-methyl/N-ethyl adjacent to an activating group) is 1. The van der Waals surface area contributed by atoms with Crippen LogP contribution in [0, 0.1) is 13.8 Å². The van der Waals surface area contributed by atoms with Gasteiger partial charge in [-0.3, -0.25) is 19.8 Å². The maximum atomic E-state index is 13.4. The summed E-state index contributed by atoms with van der Waals surface area (Å²) in [5.74, 6) is -1.02. The highest BCUT2D eigenvalue weighted by Crippen LogP contribution is 2.41. The zero-order valence-corrected chi connectivity index (χ0v) is 21.1. The molecule has 2 aromatic rings. The Kier molecular flexibility index (Phi) is 5.71. The number of hydrogen-bond acceptors (Lipinski definition) is 4. The molecule has 2 amide bonds. The maximum Gasteiger partial charge on any atom is 0.270 e. The molecule has 0 bridgehead atoms. The van der Waals surface area contributed by atoms with Gasteiger partial charge in [-0.1, -0.05) is 23.7 Å². The highest BCUT2D eigenvalue weighted by atomic mass is 35.5. The summed E-state index contributed by atoms with van der Waals surface area (Å²) in [6.45, 7) is 10.2. The molecular weight excluding hydrogens is 454 g/mol. The number of halogens is 1. The number of carbonyl (C=O) groups excluding carboxylic acids is 2. The zero-order valence-electron chi connectivity index (χ0n) is 19.5. The smallest absolute Gasteiger partial charge is 0.270 e. The Balaban J connectivity index is 1.80. The van der Waals surface area contributed by atoms with Crippen LogP contribution in [-0.2, 0) is 9.59 Å².